The van der Waals surface area contributed by atoms with E-state index in [4.69, 9.17) is 0 Å². The number of carbonyl (C=O) groups excluding carboxylic acids is 2. The summed E-state index contributed by atoms with van der Waals surface area (Å²) in [6.07, 6.45) is 3.63. The first-order chi connectivity index (χ1) is 13.5. The van der Waals surface area contributed by atoms with Gasteiger partial charge in [0, 0.05) is 25.8 Å². The third kappa shape index (κ3) is 3.48. The largest absolute Gasteiger partial charge is 0.330 e. The highest BCUT2D eigenvalue weighted by atomic mass is 19.1. The fourth-order valence-electron chi connectivity index (χ4n) is 3.15. The molecule has 10 heteroatoms. The van der Waals surface area contributed by atoms with Crippen LogP contribution in [0.15, 0.2) is 36.8 Å². The van der Waals surface area contributed by atoms with Gasteiger partial charge in [-0.2, -0.15) is 5.10 Å². The van der Waals surface area contributed by atoms with E-state index in [-0.39, 0.29) is 18.3 Å². The summed E-state index contributed by atoms with van der Waals surface area (Å²) in [5.41, 5.74) is 1.32. The number of nitrogens with one attached hydrogen (secondary N) is 1. The lowest BCUT2D eigenvalue weighted by Gasteiger charge is -2.18. The number of hydrogen-bond donors (Lipinski definition) is 1. The molecule has 1 aliphatic rings. The van der Waals surface area contributed by atoms with Crippen LogP contribution in [0.25, 0.3) is 0 Å². The molecular weight excluding hydrogens is 365 g/mol. The third-order valence-corrected chi connectivity index (χ3v) is 4.49. The van der Waals surface area contributed by atoms with Crippen LogP contribution >= 0.6 is 0 Å². The smallest absolute Gasteiger partial charge is 0.293 e. The number of aryl methyl sites for hydroxylation is 2. The average Bonchev–Trinajstić information content (AvgIpc) is 3.21. The lowest BCUT2D eigenvalue weighted by Crippen LogP contribution is -2.32. The van der Waals surface area contributed by atoms with E-state index in [2.05, 4.69) is 20.5 Å². The second kappa shape index (κ2) is 7.22. The van der Waals surface area contributed by atoms with Gasteiger partial charge in [0.2, 0.25) is 5.82 Å². The monoisotopic (exact) mass is 383 g/mol. The molecule has 0 fully saturated rings. The van der Waals surface area contributed by atoms with Gasteiger partial charge in [-0.05, 0) is 24.6 Å². The SMILES string of the molecule is Cn1cnc(C(=O)N2CCCn3ncc(C(=O)Nc4cccc(F)c4)c3C2)n1. The van der Waals surface area contributed by atoms with Gasteiger partial charge < -0.3 is 10.2 Å². The molecule has 0 aliphatic carbocycles. The van der Waals surface area contributed by atoms with Crippen molar-refractivity contribution >= 4 is 17.5 Å². The zero-order valence-electron chi connectivity index (χ0n) is 15.2. The molecule has 2 amide bonds. The number of hydrogen-bond acceptors (Lipinski definition) is 5. The summed E-state index contributed by atoms with van der Waals surface area (Å²) in [5, 5.41) is 11.0. The zero-order chi connectivity index (χ0) is 19.7. The molecule has 1 aliphatic heterocycles. The Morgan fingerprint density at radius 3 is 2.86 bits per heavy atom. The van der Waals surface area contributed by atoms with Crippen LogP contribution in [-0.2, 0) is 20.1 Å². The van der Waals surface area contributed by atoms with Crippen LogP contribution in [0.1, 0.15) is 33.1 Å². The molecular formula is C18H18FN7O2. The average molecular weight is 383 g/mol. The van der Waals surface area contributed by atoms with E-state index in [9.17, 15) is 14.0 Å². The molecule has 0 bridgehead atoms. The Balaban J connectivity index is 1.57. The topological polar surface area (TPSA) is 97.9 Å². The summed E-state index contributed by atoms with van der Waals surface area (Å²) in [6, 6.07) is 5.66. The summed E-state index contributed by atoms with van der Waals surface area (Å²) in [6.45, 7) is 1.30. The predicted octanol–water partition coefficient (Wildman–Crippen LogP) is 1.45. The molecule has 9 nitrogen and oxygen atoms in total. The fourth-order valence-corrected chi connectivity index (χ4v) is 3.15. The third-order valence-electron chi connectivity index (χ3n) is 4.49. The first kappa shape index (κ1) is 17.8. The minimum Gasteiger partial charge on any atom is -0.330 e. The van der Waals surface area contributed by atoms with Crippen molar-refractivity contribution in [2.45, 2.75) is 19.5 Å². The van der Waals surface area contributed by atoms with Crippen molar-refractivity contribution in [1.82, 2.24) is 29.4 Å². The van der Waals surface area contributed by atoms with Crippen LogP contribution < -0.4 is 5.32 Å². The maximum Gasteiger partial charge on any atom is 0.293 e. The molecule has 3 aromatic rings. The summed E-state index contributed by atoms with van der Waals surface area (Å²) in [7, 11) is 1.69. The van der Waals surface area contributed by atoms with Crippen molar-refractivity contribution in [3.63, 3.8) is 0 Å². The Labute approximate surface area is 159 Å². The fraction of sp³-hybridized carbons (Fsp3) is 0.278. The van der Waals surface area contributed by atoms with Crippen molar-refractivity contribution in [3.8, 4) is 0 Å². The summed E-state index contributed by atoms with van der Waals surface area (Å²) in [5.74, 6) is -1.03. The molecule has 1 N–H and O–H groups in total. The molecule has 0 atom stereocenters. The zero-order valence-corrected chi connectivity index (χ0v) is 15.2. The number of rotatable bonds is 3. The Morgan fingerprint density at radius 2 is 2.11 bits per heavy atom. The van der Waals surface area contributed by atoms with Gasteiger partial charge in [-0.3, -0.25) is 19.0 Å². The first-order valence-corrected chi connectivity index (χ1v) is 8.78. The highest BCUT2D eigenvalue weighted by Gasteiger charge is 2.27. The Hall–Kier alpha value is -3.56. The molecule has 0 spiro atoms. The minimum atomic E-state index is -0.439. The molecule has 0 radical (unpaired) electrons. The molecule has 28 heavy (non-hydrogen) atoms. The summed E-state index contributed by atoms with van der Waals surface area (Å²) in [4.78, 5) is 31.0. The van der Waals surface area contributed by atoms with E-state index in [1.165, 1.54) is 35.4 Å². The number of amides is 2. The van der Waals surface area contributed by atoms with E-state index in [0.717, 1.165) is 0 Å². The van der Waals surface area contributed by atoms with Gasteiger partial charge >= 0.3 is 0 Å². The number of fused-ring (bicyclic) bond motifs is 1. The van der Waals surface area contributed by atoms with Gasteiger partial charge in [-0.15, -0.1) is 5.10 Å². The van der Waals surface area contributed by atoms with Crippen LogP contribution in [0.2, 0.25) is 0 Å². The number of aromatic nitrogens is 5. The van der Waals surface area contributed by atoms with Crippen molar-refractivity contribution < 1.29 is 14.0 Å². The number of anilines is 1. The summed E-state index contributed by atoms with van der Waals surface area (Å²) >= 11 is 0. The standard InChI is InChI=1S/C18H18FN7O2/c1-24-11-20-16(23-24)18(28)25-6-3-7-26-15(10-25)14(9-21-26)17(27)22-13-5-2-4-12(19)8-13/h2,4-5,8-9,11H,3,6-7,10H2,1H3,(H,22,27). The van der Waals surface area contributed by atoms with Crippen molar-refractivity contribution in [2.75, 3.05) is 11.9 Å². The van der Waals surface area contributed by atoms with Gasteiger partial charge in [0.05, 0.1) is 24.0 Å². The Bertz CT molecular complexity index is 1040. The van der Waals surface area contributed by atoms with E-state index in [0.29, 0.717) is 36.5 Å². The van der Waals surface area contributed by atoms with E-state index >= 15 is 0 Å². The molecule has 0 saturated heterocycles. The van der Waals surface area contributed by atoms with E-state index < -0.39 is 11.7 Å². The highest BCUT2D eigenvalue weighted by Crippen LogP contribution is 2.19. The maximum absolute atomic E-state index is 13.4. The highest BCUT2D eigenvalue weighted by molar-refractivity contribution is 6.05. The molecule has 144 valence electrons. The number of benzene rings is 1. The van der Waals surface area contributed by atoms with E-state index in [1.54, 1.807) is 22.7 Å². The molecule has 2 aromatic heterocycles. The van der Waals surface area contributed by atoms with Gasteiger partial charge in [0.1, 0.15) is 12.1 Å². The van der Waals surface area contributed by atoms with Crippen LogP contribution in [0.5, 0.6) is 0 Å². The van der Waals surface area contributed by atoms with Crippen LogP contribution in [0.3, 0.4) is 0 Å². The van der Waals surface area contributed by atoms with Gasteiger partial charge in [0.25, 0.3) is 11.8 Å². The second-order valence-electron chi connectivity index (χ2n) is 6.51. The van der Waals surface area contributed by atoms with Gasteiger partial charge in [-0.25, -0.2) is 9.37 Å². The van der Waals surface area contributed by atoms with Crippen molar-refractivity contribution in [3.05, 3.63) is 59.7 Å². The van der Waals surface area contributed by atoms with Crippen LogP contribution in [0.4, 0.5) is 10.1 Å². The number of carbonyl (C=O) groups is 2. The quantitative estimate of drug-likeness (QED) is 0.738. The summed E-state index contributed by atoms with van der Waals surface area (Å²) < 4.78 is 16.6. The molecule has 1 aromatic carbocycles. The van der Waals surface area contributed by atoms with Gasteiger partial charge in [-0.1, -0.05) is 6.07 Å². The number of halogens is 1. The van der Waals surface area contributed by atoms with Crippen LogP contribution in [0, 0.1) is 5.82 Å². The van der Waals surface area contributed by atoms with Crippen molar-refractivity contribution in [2.24, 2.45) is 7.05 Å². The normalized spacial score (nSPS) is 13.7. The van der Waals surface area contributed by atoms with Gasteiger partial charge in [0.15, 0.2) is 0 Å². The number of nitrogens with zero attached hydrogens (tertiary/aromatic N) is 6. The Morgan fingerprint density at radius 1 is 1.25 bits per heavy atom. The predicted molar refractivity (Wildman–Crippen MR) is 96.9 cm³/mol. The second-order valence-corrected chi connectivity index (χ2v) is 6.51. The Kier molecular flexibility index (Phi) is 4.60. The molecule has 3 heterocycles. The minimum absolute atomic E-state index is 0.112. The van der Waals surface area contributed by atoms with Crippen molar-refractivity contribution in [1.29, 1.82) is 0 Å². The molecule has 0 unspecified atom stereocenters. The van der Waals surface area contributed by atoms with Crippen LogP contribution in [-0.4, -0.2) is 47.8 Å². The maximum atomic E-state index is 13.4. The molecule has 4 rings (SSSR count). The lowest BCUT2D eigenvalue weighted by atomic mass is 10.2. The molecule has 0 saturated carbocycles. The first-order valence-electron chi connectivity index (χ1n) is 8.78. The van der Waals surface area contributed by atoms with E-state index in [1.807, 2.05) is 0 Å². The lowest BCUT2D eigenvalue weighted by molar-refractivity contribution is 0.0731.